The summed E-state index contributed by atoms with van der Waals surface area (Å²) in [5.41, 5.74) is 0. The van der Waals surface area contributed by atoms with Crippen LogP contribution in [-0.2, 0) is 0 Å². The van der Waals surface area contributed by atoms with E-state index < -0.39 is 0 Å². The lowest BCUT2D eigenvalue weighted by Gasteiger charge is -1.97. The second kappa shape index (κ2) is 4.39. The molecule has 1 aromatic rings. The lowest BCUT2D eigenvalue weighted by atomic mass is 10.4. The Kier molecular flexibility index (Phi) is 3.43. The van der Waals surface area contributed by atoms with Crippen molar-refractivity contribution in [2.45, 2.75) is 11.8 Å². The molecule has 1 aromatic carbocycles. The van der Waals surface area contributed by atoms with Crippen molar-refractivity contribution in [1.82, 2.24) is 0 Å². The molecule has 2 heteroatoms. The van der Waals surface area contributed by atoms with Gasteiger partial charge in [-0.3, -0.25) is 0 Å². The minimum atomic E-state index is -0.171. The average Bonchev–Trinajstić information content (AvgIpc) is 2.04. The third-order valence-corrected chi connectivity index (χ3v) is 2.34. The molecule has 0 heterocycles. The van der Waals surface area contributed by atoms with Crippen molar-refractivity contribution in [1.29, 1.82) is 0 Å². The highest BCUT2D eigenvalue weighted by Gasteiger charge is 1.92. The van der Waals surface area contributed by atoms with E-state index in [4.69, 9.17) is 0 Å². The molecular formula is C9H10FS. The van der Waals surface area contributed by atoms with Gasteiger partial charge in [0.05, 0.1) is 0 Å². The van der Waals surface area contributed by atoms with Gasteiger partial charge in [-0.25, -0.2) is 4.39 Å². The molecule has 0 aliphatic carbocycles. The van der Waals surface area contributed by atoms with Crippen LogP contribution in [0.3, 0.4) is 0 Å². The van der Waals surface area contributed by atoms with E-state index in [2.05, 4.69) is 6.42 Å². The third kappa shape index (κ3) is 2.93. The monoisotopic (exact) mass is 169 g/mol. The molecule has 59 valence electrons. The molecule has 1 rings (SSSR count). The minimum Gasteiger partial charge on any atom is -0.207 e. The molecule has 0 amide bonds. The van der Waals surface area contributed by atoms with Crippen LogP contribution < -0.4 is 0 Å². The maximum atomic E-state index is 12.4. The van der Waals surface area contributed by atoms with Crippen LogP contribution in [0.15, 0.2) is 29.2 Å². The topological polar surface area (TPSA) is 0 Å². The van der Waals surface area contributed by atoms with Gasteiger partial charge in [-0.15, -0.1) is 11.8 Å². The first kappa shape index (κ1) is 8.60. The van der Waals surface area contributed by atoms with Gasteiger partial charge >= 0.3 is 0 Å². The fraction of sp³-hybridized carbons (Fsp3) is 0.222. The summed E-state index contributed by atoms with van der Waals surface area (Å²) in [5, 5.41) is 0. The van der Waals surface area contributed by atoms with E-state index in [1.54, 1.807) is 23.9 Å². The van der Waals surface area contributed by atoms with E-state index in [0.29, 0.717) is 0 Å². The number of hydrogen-bond acceptors (Lipinski definition) is 1. The Labute approximate surface area is 70.8 Å². The van der Waals surface area contributed by atoms with Gasteiger partial charge in [-0.1, -0.05) is 6.92 Å². The normalized spacial score (nSPS) is 10.0. The molecule has 0 atom stereocenters. The summed E-state index contributed by atoms with van der Waals surface area (Å²) in [4.78, 5) is 1.12. The van der Waals surface area contributed by atoms with Gasteiger partial charge in [0.15, 0.2) is 0 Å². The zero-order chi connectivity index (χ0) is 8.10. The average molecular weight is 169 g/mol. The number of halogens is 1. The lowest BCUT2D eigenvalue weighted by molar-refractivity contribution is 0.626. The van der Waals surface area contributed by atoms with E-state index in [1.807, 2.05) is 6.92 Å². The van der Waals surface area contributed by atoms with Gasteiger partial charge in [-0.05, 0) is 30.7 Å². The predicted octanol–water partition coefficient (Wildman–Crippen LogP) is 3.14. The zero-order valence-electron chi connectivity index (χ0n) is 6.38. The van der Waals surface area contributed by atoms with Crippen molar-refractivity contribution < 1.29 is 4.39 Å². The van der Waals surface area contributed by atoms with Crippen LogP contribution in [0.2, 0.25) is 0 Å². The third-order valence-electron chi connectivity index (χ3n) is 1.23. The Hall–Kier alpha value is -0.500. The summed E-state index contributed by atoms with van der Waals surface area (Å²) in [6.45, 7) is 2.01. The summed E-state index contributed by atoms with van der Waals surface area (Å²) in [5.74, 6) is 0.806. The number of thioether (sulfide) groups is 1. The summed E-state index contributed by atoms with van der Waals surface area (Å²) in [6.07, 6.45) is 2.08. The van der Waals surface area contributed by atoms with E-state index in [0.717, 1.165) is 10.6 Å². The Morgan fingerprint density at radius 3 is 2.55 bits per heavy atom. The molecule has 0 saturated carbocycles. The number of rotatable bonds is 3. The fourth-order valence-corrected chi connectivity index (χ4v) is 1.40. The molecule has 0 bridgehead atoms. The first-order valence-corrected chi connectivity index (χ1v) is 4.47. The van der Waals surface area contributed by atoms with Crippen LogP contribution >= 0.6 is 11.8 Å². The molecule has 0 N–H and O–H groups in total. The Balaban J connectivity index is 2.52. The minimum absolute atomic E-state index is 0.171. The van der Waals surface area contributed by atoms with Crippen LogP contribution in [0.5, 0.6) is 0 Å². The highest BCUT2D eigenvalue weighted by molar-refractivity contribution is 7.99. The zero-order valence-corrected chi connectivity index (χ0v) is 7.20. The molecule has 1 radical (unpaired) electrons. The van der Waals surface area contributed by atoms with E-state index >= 15 is 0 Å². The van der Waals surface area contributed by atoms with Crippen molar-refractivity contribution >= 4 is 11.8 Å². The first-order valence-electron chi connectivity index (χ1n) is 3.49. The summed E-state index contributed by atoms with van der Waals surface area (Å²) in [6, 6.07) is 6.56. The van der Waals surface area contributed by atoms with E-state index in [-0.39, 0.29) is 5.82 Å². The van der Waals surface area contributed by atoms with Gasteiger partial charge in [0.2, 0.25) is 0 Å². The maximum Gasteiger partial charge on any atom is 0.123 e. The molecule has 0 aromatic heterocycles. The highest BCUT2D eigenvalue weighted by atomic mass is 32.2. The largest absolute Gasteiger partial charge is 0.207 e. The second-order valence-electron chi connectivity index (χ2n) is 2.17. The number of hydrogen-bond donors (Lipinski definition) is 0. The lowest BCUT2D eigenvalue weighted by Crippen LogP contribution is -1.77. The Bertz CT molecular complexity index is 205. The second-order valence-corrected chi connectivity index (χ2v) is 3.27. The van der Waals surface area contributed by atoms with Crippen molar-refractivity contribution in [3.63, 3.8) is 0 Å². The highest BCUT2D eigenvalue weighted by Crippen LogP contribution is 2.17. The van der Waals surface area contributed by atoms with Crippen molar-refractivity contribution in [3.05, 3.63) is 36.5 Å². The van der Waals surface area contributed by atoms with Crippen LogP contribution in [0, 0.1) is 12.2 Å². The van der Waals surface area contributed by atoms with Crippen LogP contribution in [0.4, 0.5) is 4.39 Å². The van der Waals surface area contributed by atoms with E-state index in [9.17, 15) is 4.39 Å². The van der Waals surface area contributed by atoms with Gasteiger partial charge in [0.1, 0.15) is 5.82 Å². The van der Waals surface area contributed by atoms with Gasteiger partial charge in [0, 0.05) is 10.6 Å². The molecule has 0 aliphatic rings. The maximum absolute atomic E-state index is 12.4. The molecule has 0 spiro atoms. The SMILES string of the molecule is C[CH]CSc1ccc(F)cc1. The smallest absolute Gasteiger partial charge is 0.123 e. The Morgan fingerprint density at radius 1 is 1.36 bits per heavy atom. The van der Waals surface area contributed by atoms with Crippen molar-refractivity contribution in [3.8, 4) is 0 Å². The standard InChI is InChI=1S/C9H10FS/c1-2-7-11-9-5-3-8(10)4-6-9/h2-6H,7H2,1H3. The quantitative estimate of drug-likeness (QED) is 0.626. The van der Waals surface area contributed by atoms with Crippen molar-refractivity contribution in [2.75, 3.05) is 5.75 Å². The van der Waals surface area contributed by atoms with Gasteiger partial charge < -0.3 is 0 Å². The molecular weight excluding hydrogens is 159 g/mol. The molecule has 0 saturated heterocycles. The van der Waals surface area contributed by atoms with E-state index in [1.165, 1.54) is 12.1 Å². The van der Waals surface area contributed by atoms with Crippen LogP contribution in [-0.4, -0.2) is 5.75 Å². The summed E-state index contributed by atoms with van der Waals surface area (Å²) >= 11 is 1.71. The van der Waals surface area contributed by atoms with Gasteiger partial charge in [0.25, 0.3) is 0 Å². The van der Waals surface area contributed by atoms with Gasteiger partial charge in [-0.2, -0.15) is 0 Å². The molecule has 0 fully saturated rings. The number of benzene rings is 1. The predicted molar refractivity (Wildman–Crippen MR) is 47.1 cm³/mol. The summed E-state index contributed by atoms with van der Waals surface area (Å²) in [7, 11) is 0. The molecule has 0 nitrogen and oxygen atoms in total. The molecule has 0 unspecified atom stereocenters. The Morgan fingerprint density at radius 2 is 2.00 bits per heavy atom. The first-order chi connectivity index (χ1) is 5.33. The fourth-order valence-electron chi connectivity index (χ4n) is 0.710. The summed E-state index contributed by atoms with van der Waals surface area (Å²) < 4.78 is 12.4. The van der Waals surface area contributed by atoms with Crippen molar-refractivity contribution in [2.24, 2.45) is 0 Å². The molecule has 0 aliphatic heterocycles. The molecule has 11 heavy (non-hydrogen) atoms. The van der Waals surface area contributed by atoms with Crippen LogP contribution in [0.25, 0.3) is 0 Å². The van der Waals surface area contributed by atoms with Crippen LogP contribution in [0.1, 0.15) is 6.92 Å².